The molecule has 20 heavy (non-hydrogen) atoms. The first kappa shape index (κ1) is 14.0. The maximum absolute atomic E-state index is 4.25. The van der Waals surface area contributed by atoms with Gasteiger partial charge in [-0.05, 0) is 38.8 Å². The third-order valence-corrected chi connectivity index (χ3v) is 4.33. The number of nitrogens with one attached hydrogen (secondary N) is 1. The highest BCUT2D eigenvalue weighted by molar-refractivity contribution is 4.94. The average Bonchev–Trinajstić information content (AvgIpc) is 3.14. The van der Waals surface area contributed by atoms with Crippen LogP contribution in [-0.4, -0.2) is 45.6 Å². The molecule has 0 amide bonds. The van der Waals surface area contributed by atoms with Gasteiger partial charge in [0, 0.05) is 25.3 Å². The molecule has 0 unspecified atom stereocenters. The van der Waals surface area contributed by atoms with Crippen molar-refractivity contribution < 1.29 is 0 Å². The van der Waals surface area contributed by atoms with Crippen molar-refractivity contribution in [2.75, 3.05) is 19.6 Å². The van der Waals surface area contributed by atoms with E-state index >= 15 is 0 Å². The Morgan fingerprint density at radius 1 is 1.05 bits per heavy atom. The summed E-state index contributed by atoms with van der Waals surface area (Å²) in [5, 5.41) is 12.0. The molecule has 1 aromatic heterocycles. The summed E-state index contributed by atoms with van der Waals surface area (Å²) >= 11 is 0. The molecule has 0 aromatic carbocycles. The van der Waals surface area contributed by atoms with Crippen molar-refractivity contribution in [3.05, 3.63) is 11.9 Å². The molecule has 0 spiro atoms. The maximum atomic E-state index is 4.25. The van der Waals surface area contributed by atoms with Crippen LogP contribution in [0.5, 0.6) is 0 Å². The summed E-state index contributed by atoms with van der Waals surface area (Å²) in [4.78, 5) is 2.59. The lowest BCUT2D eigenvalue weighted by molar-refractivity contribution is 0.235. The van der Waals surface area contributed by atoms with Gasteiger partial charge >= 0.3 is 0 Å². The Kier molecular flexibility index (Phi) is 5.03. The molecule has 0 radical (unpaired) electrons. The van der Waals surface area contributed by atoms with Crippen LogP contribution < -0.4 is 5.32 Å². The van der Waals surface area contributed by atoms with Crippen LogP contribution in [0.15, 0.2) is 6.20 Å². The predicted molar refractivity (Wildman–Crippen MR) is 79.4 cm³/mol. The van der Waals surface area contributed by atoms with Gasteiger partial charge < -0.3 is 10.2 Å². The normalized spacial score (nSPS) is 21.6. The molecule has 5 nitrogen and oxygen atoms in total. The van der Waals surface area contributed by atoms with E-state index in [0.717, 1.165) is 31.4 Å². The van der Waals surface area contributed by atoms with E-state index in [2.05, 4.69) is 26.7 Å². The van der Waals surface area contributed by atoms with Crippen molar-refractivity contribution in [2.24, 2.45) is 0 Å². The summed E-state index contributed by atoms with van der Waals surface area (Å²) in [7, 11) is 0. The number of hydrogen-bond donors (Lipinski definition) is 1. The molecule has 2 fully saturated rings. The van der Waals surface area contributed by atoms with Gasteiger partial charge in [0.2, 0.25) is 0 Å². The van der Waals surface area contributed by atoms with E-state index < -0.39 is 0 Å². The molecule has 0 bridgehead atoms. The summed E-state index contributed by atoms with van der Waals surface area (Å²) in [5.74, 6) is 0. The number of likely N-dealkylation sites (tertiary alicyclic amines) is 1. The third kappa shape index (κ3) is 4.56. The summed E-state index contributed by atoms with van der Waals surface area (Å²) in [6.07, 6.45) is 11.7. The second-order valence-corrected chi connectivity index (χ2v) is 6.24. The molecule has 1 saturated heterocycles. The van der Waals surface area contributed by atoms with Crippen LogP contribution in [0.25, 0.3) is 0 Å². The summed E-state index contributed by atoms with van der Waals surface area (Å²) in [5.41, 5.74) is 1.07. The van der Waals surface area contributed by atoms with E-state index in [1.807, 2.05) is 4.68 Å². The maximum Gasteiger partial charge on any atom is 0.0964 e. The van der Waals surface area contributed by atoms with E-state index in [-0.39, 0.29) is 0 Å². The number of rotatable bonds is 6. The lowest BCUT2D eigenvalue weighted by Crippen LogP contribution is -2.30. The standard InChI is InChI=1S/C15H27N5/c1-2-4-8-19(9-5-3-1)10-11-20-13-15(17-18-20)12-16-14-6-7-14/h13-14,16H,1-12H2. The second kappa shape index (κ2) is 7.18. The Morgan fingerprint density at radius 2 is 1.80 bits per heavy atom. The zero-order valence-electron chi connectivity index (χ0n) is 12.4. The Balaban J connectivity index is 1.40. The van der Waals surface area contributed by atoms with Crippen LogP contribution in [0, 0.1) is 0 Å². The van der Waals surface area contributed by atoms with Crippen LogP contribution in [0.2, 0.25) is 0 Å². The topological polar surface area (TPSA) is 46.0 Å². The summed E-state index contributed by atoms with van der Waals surface area (Å²) < 4.78 is 2.00. The van der Waals surface area contributed by atoms with Gasteiger partial charge in [-0.1, -0.05) is 24.5 Å². The highest BCUT2D eigenvalue weighted by Crippen LogP contribution is 2.18. The number of aromatic nitrogens is 3. The molecule has 1 aliphatic heterocycles. The second-order valence-electron chi connectivity index (χ2n) is 6.24. The zero-order valence-corrected chi connectivity index (χ0v) is 12.4. The van der Waals surface area contributed by atoms with Gasteiger partial charge in [0.25, 0.3) is 0 Å². The van der Waals surface area contributed by atoms with Gasteiger partial charge in [0.1, 0.15) is 0 Å². The molecule has 2 aliphatic rings. The van der Waals surface area contributed by atoms with E-state index in [9.17, 15) is 0 Å². The smallest absolute Gasteiger partial charge is 0.0964 e. The van der Waals surface area contributed by atoms with Crippen molar-refractivity contribution in [3.8, 4) is 0 Å². The van der Waals surface area contributed by atoms with Gasteiger partial charge in [0.15, 0.2) is 0 Å². The van der Waals surface area contributed by atoms with E-state index in [0.29, 0.717) is 0 Å². The quantitative estimate of drug-likeness (QED) is 0.861. The van der Waals surface area contributed by atoms with Crippen molar-refractivity contribution in [1.82, 2.24) is 25.2 Å². The van der Waals surface area contributed by atoms with Crippen LogP contribution in [0.4, 0.5) is 0 Å². The molecule has 5 heteroatoms. The first-order valence-corrected chi connectivity index (χ1v) is 8.25. The van der Waals surface area contributed by atoms with Crippen LogP contribution >= 0.6 is 0 Å². The van der Waals surface area contributed by atoms with Crippen LogP contribution in [-0.2, 0) is 13.1 Å². The van der Waals surface area contributed by atoms with Crippen LogP contribution in [0.3, 0.4) is 0 Å². The first-order chi connectivity index (χ1) is 9.90. The molecule has 3 rings (SSSR count). The van der Waals surface area contributed by atoms with Crippen molar-refractivity contribution in [1.29, 1.82) is 0 Å². The third-order valence-electron chi connectivity index (χ3n) is 4.33. The number of nitrogens with zero attached hydrogens (tertiary/aromatic N) is 4. The highest BCUT2D eigenvalue weighted by atomic mass is 15.4. The summed E-state index contributed by atoms with van der Waals surface area (Å²) in [6, 6.07) is 0.737. The van der Waals surface area contributed by atoms with Crippen LogP contribution in [0.1, 0.15) is 50.6 Å². The predicted octanol–water partition coefficient (Wildman–Crippen LogP) is 1.80. The van der Waals surface area contributed by atoms with Gasteiger partial charge in [-0.2, -0.15) is 0 Å². The minimum atomic E-state index is 0.737. The fourth-order valence-electron chi connectivity index (χ4n) is 2.85. The highest BCUT2D eigenvalue weighted by Gasteiger charge is 2.20. The summed E-state index contributed by atoms with van der Waals surface area (Å²) in [6.45, 7) is 5.46. The van der Waals surface area contributed by atoms with Gasteiger partial charge in [0.05, 0.1) is 12.2 Å². The largest absolute Gasteiger partial charge is 0.308 e. The molecule has 1 N–H and O–H groups in total. The van der Waals surface area contributed by atoms with Gasteiger partial charge in [-0.25, -0.2) is 0 Å². The Labute approximate surface area is 121 Å². The fraction of sp³-hybridized carbons (Fsp3) is 0.867. The minimum absolute atomic E-state index is 0.737. The fourth-order valence-corrected chi connectivity index (χ4v) is 2.85. The Hall–Kier alpha value is -0.940. The van der Waals surface area contributed by atoms with Crippen molar-refractivity contribution in [3.63, 3.8) is 0 Å². The Bertz CT molecular complexity index is 391. The van der Waals surface area contributed by atoms with Crippen molar-refractivity contribution in [2.45, 2.75) is 64.1 Å². The van der Waals surface area contributed by atoms with E-state index in [4.69, 9.17) is 0 Å². The molecular weight excluding hydrogens is 250 g/mol. The van der Waals surface area contributed by atoms with Gasteiger partial charge in [-0.3, -0.25) is 4.68 Å². The minimum Gasteiger partial charge on any atom is -0.308 e. The molecule has 1 aliphatic carbocycles. The lowest BCUT2D eigenvalue weighted by Gasteiger charge is -2.24. The van der Waals surface area contributed by atoms with Gasteiger partial charge in [-0.15, -0.1) is 5.10 Å². The lowest BCUT2D eigenvalue weighted by atomic mass is 10.1. The molecular formula is C15H27N5. The Morgan fingerprint density at radius 3 is 2.55 bits per heavy atom. The monoisotopic (exact) mass is 277 g/mol. The molecule has 2 heterocycles. The molecule has 0 atom stereocenters. The molecule has 1 saturated carbocycles. The number of hydrogen-bond acceptors (Lipinski definition) is 4. The zero-order chi connectivity index (χ0) is 13.6. The average molecular weight is 277 g/mol. The van der Waals surface area contributed by atoms with E-state index in [1.54, 1.807) is 0 Å². The van der Waals surface area contributed by atoms with E-state index in [1.165, 1.54) is 58.0 Å². The molecule has 1 aromatic rings. The first-order valence-electron chi connectivity index (χ1n) is 8.25. The molecule has 112 valence electrons. The SMILES string of the molecule is c1c(CNC2CC2)nnn1CCN1CCCCCCC1. The van der Waals surface area contributed by atoms with Crippen molar-refractivity contribution >= 4 is 0 Å².